The molecule has 31 heavy (non-hydrogen) atoms. The molecule has 0 spiro atoms. The molecule has 0 saturated carbocycles. The molecule has 166 valence electrons. The Kier molecular flexibility index (Phi) is 5.93. The molecule has 0 radical (unpaired) electrons. The number of piperazine rings is 1. The molecule has 3 N–H and O–H groups in total. The van der Waals surface area contributed by atoms with E-state index >= 15 is 0 Å². The number of methoxy groups -OCH3 is 1. The van der Waals surface area contributed by atoms with Crippen molar-refractivity contribution in [2.24, 2.45) is 0 Å². The topological polar surface area (TPSA) is 103 Å². The molecule has 0 aliphatic carbocycles. The maximum atomic E-state index is 12.9. The Morgan fingerprint density at radius 2 is 1.77 bits per heavy atom. The molecular formula is C23H28N2O6. The highest BCUT2D eigenvalue weighted by molar-refractivity contribution is 6.03. The Bertz CT molecular complexity index is 985. The lowest BCUT2D eigenvalue weighted by Crippen LogP contribution is -2.45. The predicted molar refractivity (Wildman–Crippen MR) is 114 cm³/mol. The van der Waals surface area contributed by atoms with E-state index in [0.29, 0.717) is 23.4 Å². The number of nitrogens with zero attached hydrogens (tertiary/aromatic N) is 2. The highest BCUT2D eigenvalue weighted by atomic mass is 16.5. The van der Waals surface area contributed by atoms with Crippen molar-refractivity contribution in [1.29, 1.82) is 0 Å². The lowest BCUT2D eigenvalue weighted by molar-refractivity contribution is 0.0842. The molecule has 1 saturated heterocycles. The van der Waals surface area contributed by atoms with Crippen LogP contribution in [-0.2, 0) is 6.54 Å². The molecule has 2 aromatic rings. The molecule has 1 atom stereocenters. The SMILES string of the molecule is CCN1CCN(Cc2c(O)cc3c(c2O)C(=O)C[C@@H](c2ccc(OC)c(O)c2)O3)CC1. The average molecular weight is 428 g/mol. The second kappa shape index (κ2) is 8.64. The summed E-state index contributed by atoms with van der Waals surface area (Å²) in [5.74, 6) is -0.159. The maximum Gasteiger partial charge on any atom is 0.174 e. The van der Waals surface area contributed by atoms with Gasteiger partial charge in [-0.1, -0.05) is 13.0 Å². The van der Waals surface area contributed by atoms with Crippen LogP contribution >= 0.6 is 0 Å². The van der Waals surface area contributed by atoms with Crippen molar-refractivity contribution >= 4 is 5.78 Å². The first kappa shape index (κ1) is 21.3. The standard InChI is InChI=1S/C23H28N2O6/c1-3-24-6-8-25(9-7-24)13-15-16(26)11-21-22(23(15)29)18(28)12-20(31-21)14-4-5-19(30-2)17(27)10-14/h4-5,10-11,20,26-27,29H,3,6-9,12-13H2,1-2H3/t20-/m0/s1. The average Bonchev–Trinajstić information content (AvgIpc) is 2.76. The number of benzene rings is 2. The number of carbonyl (C=O) groups excluding carboxylic acids is 1. The lowest BCUT2D eigenvalue weighted by atomic mass is 9.93. The fourth-order valence-corrected chi connectivity index (χ4v) is 4.24. The van der Waals surface area contributed by atoms with Crippen LogP contribution in [0.4, 0.5) is 0 Å². The van der Waals surface area contributed by atoms with Crippen LogP contribution in [0.25, 0.3) is 0 Å². The van der Waals surface area contributed by atoms with Gasteiger partial charge in [-0.2, -0.15) is 0 Å². The van der Waals surface area contributed by atoms with Crippen molar-refractivity contribution in [2.75, 3.05) is 39.8 Å². The van der Waals surface area contributed by atoms with Crippen molar-refractivity contribution in [3.05, 3.63) is 41.0 Å². The number of aromatic hydroxyl groups is 3. The number of ether oxygens (including phenoxy) is 2. The Labute approximate surface area is 181 Å². The Hall–Kier alpha value is -2.97. The largest absolute Gasteiger partial charge is 0.507 e. The first-order valence-electron chi connectivity index (χ1n) is 10.5. The summed E-state index contributed by atoms with van der Waals surface area (Å²) in [5.41, 5.74) is 1.06. The molecule has 8 heteroatoms. The van der Waals surface area contributed by atoms with Gasteiger partial charge in [-0.25, -0.2) is 0 Å². The number of phenolic OH excluding ortho intramolecular Hbond substituents is 3. The lowest BCUT2D eigenvalue weighted by Gasteiger charge is -2.34. The molecule has 2 aromatic carbocycles. The Morgan fingerprint density at radius 1 is 1.06 bits per heavy atom. The third-order valence-electron chi connectivity index (χ3n) is 6.13. The third-order valence-corrected chi connectivity index (χ3v) is 6.13. The van der Waals surface area contributed by atoms with E-state index in [4.69, 9.17) is 9.47 Å². The maximum absolute atomic E-state index is 12.9. The molecule has 2 aliphatic heterocycles. The molecule has 2 heterocycles. The first-order chi connectivity index (χ1) is 14.9. The van der Waals surface area contributed by atoms with Gasteiger partial charge in [0.2, 0.25) is 0 Å². The van der Waals surface area contributed by atoms with Crippen molar-refractivity contribution < 1.29 is 29.6 Å². The van der Waals surface area contributed by atoms with Crippen LogP contribution in [0, 0.1) is 0 Å². The molecule has 4 rings (SSSR count). The van der Waals surface area contributed by atoms with Gasteiger partial charge in [0.15, 0.2) is 17.3 Å². The fourth-order valence-electron chi connectivity index (χ4n) is 4.24. The van der Waals surface area contributed by atoms with E-state index < -0.39 is 6.10 Å². The molecule has 8 nitrogen and oxygen atoms in total. The van der Waals surface area contributed by atoms with E-state index in [2.05, 4.69) is 16.7 Å². The molecule has 1 fully saturated rings. The van der Waals surface area contributed by atoms with Crippen LogP contribution in [0.2, 0.25) is 0 Å². The van der Waals surface area contributed by atoms with Gasteiger partial charge in [0.1, 0.15) is 28.9 Å². The van der Waals surface area contributed by atoms with Crippen molar-refractivity contribution in [3.63, 3.8) is 0 Å². The minimum atomic E-state index is -0.636. The molecule has 0 aromatic heterocycles. The summed E-state index contributed by atoms with van der Waals surface area (Å²) in [4.78, 5) is 17.4. The second-order valence-corrected chi connectivity index (χ2v) is 7.97. The molecule has 0 bridgehead atoms. The number of rotatable bonds is 5. The highest BCUT2D eigenvalue weighted by Crippen LogP contribution is 2.45. The second-order valence-electron chi connectivity index (χ2n) is 7.97. The Balaban J connectivity index is 1.57. The van der Waals surface area contributed by atoms with Gasteiger partial charge in [-0.3, -0.25) is 9.69 Å². The van der Waals surface area contributed by atoms with Gasteiger partial charge in [0, 0.05) is 38.8 Å². The number of phenols is 3. The summed E-state index contributed by atoms with van der Waals surface area (Å²) in [7, 11) is 1.46. The summed E-state index contributed by atoms with van der Waals surface area (Å²) < 4.78 is 11.0. The number of fused-ring (bicyclic) bond motifs is 1. The Morgan fingerprint density at radius 3 is 2.42 bits per heavy atom. The molecule has 0 amide bonds. The van der Waals surface area contributed by atoms with Gasteiger partial charge in [0.25, 0.3) is 0 Å². The normalized spacial score (nSPS) is 19.7. The van der Waals surface area contributed by atoms with E-state index in [1.165, 1.54) is 19.2 Å². The van der Waals surface area contributed by atoms with E-state index in [1.807, 2.05) is 0 Å². The van der Waals surface area contributed by atoms with Crippen molar-refractivity contribution in [1.82, 2.24) is 9.80 Å². The number of hydrogen-bond acceptors (Lipinski definition) is 8. The zero-order valence-electron chi connectivity index (χ0n) is 17.8. The van der Waals surface area contributed by atoms with Crippen LogP contribution in [0.1, 0.15) is 40.9 Å². The van der Waals surface area contributed by atoms with E-state index in [0.717, 1.165) is 32.7 Å². The van der Waals surface area contributed by atoms with Crippen LogP contribution < -0.4 is 9.47 Å². The minimum Gasteiger partial charge on any atom is -0.507 e. The highest BCUT2D eigenvalue weighted by Gasteiger charge is 2.33. The molecule has 0 unspecified atom stereocenters. The predicted octanol–water partition coefficient (Wildman–Crippen LogP) is 2.66. The first-order valence-corrected chi connectivity index (χ1v) is 10.5. The van der Waals surface area contributed by atoms with Crippen LogP contribution in [0.5, 0.6) is 28.7 Å². The van der Waals surface area contributed by atoms with Gasteiger partial charge >= 0.3 is 0 Å². The van der Waals surface area contributed by atoms with Crippen LogP contribution in [-0.4, -0.2) is 70.7 Å². The van der Waals surface area contributed by atoms with E-state index in [-0.39, 0.29) is 40.8 Å². The number of ketones is 1. The van der Waals surface area contributed by atoms with Crippen LogP contribution in [0.15, 0.2) is 24.3 Å². The monoisotopic (exact) mass is 428 g/mol. The van der Waals surface area contributed by atoms with Gasteiger partial charge in [-0.05, 0) is 24.2 Å². The summed E-state index contributed by atoms with van der Waals surface area (Å²) in [6, 6.07) is 6.21. The number of Topliss-reactive ketones (excluding diaryl/α,β-unsaturated/α-hetero) is 1. The minimum absolute atomic E-state index is 0.0196. The van der Waals surface area contributed by atoms with Crippen LogP contribution in [0.3, 0.4) is 0 Å². The fraction of sp³-hybridized carbons (Fsp3) is 0.435. The zero-order valence-corrected chi connectivity index (χ0v) is 17.8. The zero-order chi connectivity index (χ0) is 22.1. The van der Waals surface area contributed by atoms with E-state index in [9.17, 15) is 20.1 Å². The number of carbonyl (C=O) groups is 1. The van der Waals surface area contributed by atoms with Crippen molar-refractivity contribution in [2.45, 2.75) is 26.0 Å². The quantitative estimate of drug-likeness (QED) is 0.668. The molecular weight excluding hydrogens is 400 g/mol. The number of hydrogen-bond donors (Lipinski definition) is 3. The van der Waals surface area contributed by atoms with E-state index in [1.54, 1.807) is 12.1 Å². The van der Waals surface area contributed by atoms with Gasteiger partial charge in [0.05, 0.1) is 19.1 Å². The third kappa shape index (κ3) is 4.13. The van der Waals surface area contributed by atoms with Gasteiger partial charge in [-0.15, -0.1) is 0 Å². The smallest absolute Gasteiger partial charge is 0.174 e. The molecule has 2 aliphatic rings. The summed E-state index contributed by atoms with van der Waals surface area (Å²) in [6.45, 7) is 7.02. The van der Waals surface area contributed by atoms with Crippen molar-refractivity contribution in [3.8, 4) is 28.7 Å². The summed E-state index contributed by atoms with van der Waals surface area (Å²) in [5, 5.41) is 31.5. The summed E-state index contributed by atoms with van der Waals surface area (Å²) in [6.07, 6.45) is -0.616. The summed E-state index contributed by atoms with van der Waals surface area (Å²) >= 11 is 0. The van der Waals surface area contributed by atoms with Gasteiger partial charge < -0.3 is 29.7 Å². The number of likely N-dealkylation sites (N-methyl/N-ethyl adjacent to an activating group) is 1.